The lowest BCUT2D eigenvalue weighted by Crippen LogP contribution is -2.24. The van der Waals surface area contributed by atoms with Crippen molar-refractivity contribution in [3.8, 4) is 0 Å². The normalized spacial score (nSPS) is 15.2. The Kier molecular flexibility index (Phi) is 3.23. The zero-order chi connectivity index (χ0) is 10.7. The second-order valence-corrected chi connectivity index (χ2v) is 4.11. The van der Waals surface area contributed by atoms with Gasteiger partial charge in [-0.15, -0.1) is 0 Å². The summed E-state index contributed by atoms with van der Waals surface area (Å²) in [6.45, 7) is 1.74. The van der Waals surface area contributed by atoms with Gasteiger partial charge in [0.25, 0.3) is 0 Å². The molecule has 0 aliphatic carbocycles. The lowest BCUT2D eigenvalue weighted by Gasteiger charge is -2.28. The number of nitrogens with zero attached hydrogens (tertiary/aromatic N) is 1. The highest BCUT2D eigenvalue weighted by Gasteiger charge is 2.13. The summed E-state index contributed by atoms with van der Waals surface area (Å²) >= 11 is 0. The number of anilines is 1. The summed E-state index contributed by atoms with van der Waals surface area (Å²) in [6.07, 6.45) is 3.35. The van der Waals surface area contributed by atoms with Crippen LogP contribution in [0.15, 0.2) is 18.2 Å². The molecule has 3 nitrogen and oxygen atoms in total. The van der Waals surface area contributed by atoms with E-state index in [9.17, 15) is 0 Å². The Bertz CT molecular complexity index is 338. The van der Waals surface area contributed by atoms with E-state index in [0.717, 1.165) is 13.0 Å². The van der Waals surface area contributed by atoms with Crippen LogP contribution in [0.2, 0.25) is 0 Å². The van der Waals surface area contributed by atoms with Crippen molar-refractivity contribution in [2.45, 2.75) is 19.3 Å². The molecule has 0 amide bonds. The molecule has 2 N–H and O–H groups in total. The highest BCUT2D eigenvalue weighted by atomic mass is 16.6. The van der Waals surface area contributed by atoms with Gasteiger partial charge in [0.2, 0.25) is 0 Å². The third kappa shape index (κ3) is 2.30. The first kappa shape index (κ1) is 10.5. The van der Waals surface area contributed by atoms with Gasteiger partial charge in [0.15, 0.2) is 0 Å². The molecule has 1 aliphatic heterocycles. The molecule has 0 saturated carbocycles. The molecule has 0 bridgehead atoms. The summed E-state index contributed by atoms with van der Waals surface area (Å²) < 4.78 is 0. The molecule has 1 aliphatic rings. The Hall–Kier alpha value is -1.06. The van der Waals surface area contributed by atoms with E-state index in [1.807, 2.05) is 0 Å². The van der Waals surface area contributed by atoms with E-state index in [0.29, 0.717) is 6.61 Å². The van der Waals surface area contributed by atoms with Gasteiger partial charge in [-0.3, -0.25) is 0 Å². The summed E-state index contributed by atoms with van der Waals surface area (Å²) in [5.41, 5.74) is 4.13. The van der Waals surface area contributed by atoms with Crippen molar-refractivity contribution in [2.24, 2.45) is 5.90 Å². The lowest BCUT2D eigenvalue weighted by molar-refractivity contribution is 0.141. The van der Waals surface area contributed by atoms with Gasteiger partial charge in [-0.1, -0.05) is 12.1 Å². The molecule has 0 atom stereocenters. The summed E-state index contributed by atoms with van der Waals surface area (Å²) in [4.78, 5) is 6.93. The molecular formula is C12H18N2O. The maximum absolute atomic E-state index is 5.03. The van der Waals surface area contributed by atoms with E-state index in [1.165, 1.54) is 29.7 Å². The molecule has 1 aromatic carbocycles. The Morgan fingerprint density at radius 1 is 1.47 bits per heavy atom. The minimum atomic E-state index is 0.586. The van der Waals surface area contributed by atoms with Crippen molar-refractivity contribution in [1.29, 1.82) is 0 Å². The largest absolute Gasteiger partial charge is 0.374 e. The first-order valence-corrected chi connectivity index (χ1v) is 5.46. The summed E-state index contributed by atoms with van der Waals surface area (Å²) in [5, 5.41) is 0. The predicted octanol–water partition coefficient (Wildman–Crippen LogP) is 1.50. The predicted molar refractivity (Wildman–Crippen MR) is 61.9 cm³/mol. The molecule has 1 heterocycles. The highest BCUT2D eigenvalue weighted by Crippen LogP contribution is 2.27. The van der Waals surface area contributed by atoms with Crippen molar-refractivity contribution in [3.63, 3.8) is 0 Å². The zero-order valence-corrected chi connectivity index (χ0v) is 9.20. The number of rotatable bonds is 3. The van der Waals surface area contributed by atoms with Crippen LogP contribution in [0.4, 0.5) is 5.69 Å². The zero-order valence-electron chi connectivity index (χ0n) is 9.20. The fraction of sp³-hybridized carbons (Fsp3) is 0.500. The molecule has 0 aromatic heterocycles. The van der Waals surface area contributed by atoms with Gasteiger partial charge >= 0.3 is 0 Å². The monoisotopic (exact) mass is 206 g/mol. The summed E-state index contributed by atoms with van der Waals surface area (Å²) in [5.74, 6) is 5.03. The highest BCUT2D eigenvalue weighted by molar-refractivity contribution is 5.56. The fourth-order valence-corrected chi connectivity index (χ4v) is 2.14. The Morgan fingerprint density at radius 2 is 2.33 bits per heavy atom. The number of fused-ring (bicyclic) bond motifs is 1. The minimum Gasteiger partial charge on any atom is -0.374 e. The molecule has 0 unspecified atom stereocenters. The lowest BCUT2D eigenvalue weighted by atomic mass is 9.99. The third-order valence-corrected chi connectivity index (χ3v) is 3.01. The number of hydrogen-bond donors (Lipinski definition) is 1. The van der Waals surface area contributed by atoms with Crippen LogP contribution in [0.3, 0.4) is 0 Å². The van der Waals surface area contributed by atoms with Crippen LogP contribution in [0.25, 0.3) is 0 Å². The van der Waals surface area contributed by atoms with Gasteiger partial charge in [0, 0.05) is 19.3 Å². The van der Waals surface area contributed by atoms with Gasteiger partial charge in [-0.25, -0.2) is 5.90 Å². The fourth-order valence-electron chi connectivity index (χ4n) is 2.14. The number of hydrogen-bond acceptors (Lipinski definition) is 3. The van der Waals surface area contributed by atoms with Gasteiger partial charge in [-0.05, 0) is 36.5 Å². The Balaban J connectivity index is 2.19. The molecule has 0 fully saturated rings. The average molecular weight is 206 g/mol. The summed E-state index contributed by atoms with van der Waals surface area (Å²) in [6, 6.07) is 6.67. The van der Waals surface area contributed by atoms with Crippen molar-refractivity contribution >= 4 is 5.69 Å². The number of aryl methyl sites for hydroxylation is 1. The maximum Gasteiger partial charge on any atom is 0.0719 e. The standard InChI is InChI=1S/C12H18N2O/c1-14-7-2-3-11-5-4-10(6-8-15-13)9-12(11)14/h4-5,9H,2-3,6-8,13H2,1H3. The topological polar surface area (TPSA) is 38.5 Å². The van der Waals surface area contributed by atoms with Crippen LogP contribution in [-0.2, 0) is 17.7 Å². The molecule has 0 radical (unpaired) electrons. The second kappa shape index (κ2) is 4.64. The molecule has 82 valence electrons. The van der Waals surface area contributed by atoms with E-state index < -0.39 is 0 Å². The van der Waals surface area contributed by atoms with Crippen LogP contribution >= 0.6 is 0 Å². The van der Waals surface area contributed by atoms with Gasteiger partial charge < -0.3 is 9.74 Å². The van der Waals surface area contributed by atoms with Crippen LogP contribution in [0, 0.1) is 0 Å². The van der Waals surface area contributed by atoms with Gasteiger partial charge in [0.1, 0.15) is 0 Å². The van der Waals surface area contributed by atoms with E-state index >= 15 is 0 Å². The molecule has 0 saturated heterocycles. The second-order valence-electron chi connectivity index (χ2n) is 4.11. The van der Waals surface area contributed by atoms with Crippen molar-refractivity contribution in [2.75, 3.05) is 25.1 Å². The first-order chi connectivity index (χ1) is 7.31. The van der Waals surface area contributed by atoms with Gasteiger partial charge in [-0.2, -0.15) is 0 Å². The average Bonchev–Trinajstić information content (AvgIpc) is 2.27. The van der Waals surface area contributed by atoms with Crippen molar-refractivity contribution in [1.82, 2.24) is 0 Å². The summed E-state index contributed by atoms with van der Waals surface area (Å²) in [7, 11) is 2.15. The SMILES string of the molecule is CN1CCCc2ccc(CCON)cc21. The minimum absolute atomic E-state index is 0.586. The first-order valence-electron chi connectivity index (χ1n) is 5.46. The number of benzene rings is 1. The van der Waals surface area contributed by atoms with Crippen LogP contribution < -0.4 is 10.8 Å². The molecule has 1 aromatic rings. The number of nitrogens with two attached hydrogens (primary N) is 1. The van der Waals surface area contributed by atoms with Crippen molar-refractivity contribution in [3.05, 3.63) is 29.3 Å². The van der Waals surface area contributed by atoms with Crippen molar-refractivity contribution < 1.29 is 4.84 Å². The molecule has 2 rings (SSSR count). The molecular weight excluding hydrogens is 188 g/mol. The van der Waals surface area contributed by atoms with E-state index in [-0.39, 0.29) is 0 Å². The Morgan fingerprint density at radius 3 is 3.13 bits per heavy atom. The van der Waals surface area contributed by atoms with Gasteiger partial charge in [0.05, 0.1) is 6.61 Å². The molecule has 15 heavy (non-hydrogen) atoms. The van der Waals surface area contributed by atoms with Crippen LogP contribution in [-0.4, -0.2) is 20.2 Å². The van der Waals surface area contributed by atoms with E-state index in [2.05, 4.69) is 35.0 Å². The van der Waals surface area contributed by atoms with E-state index in [4.69, 9.17) is 5.90 Å². The quantitative estimate of drug-likeness (QED) is 0.762. The smallest absolute Gasteiger partial charge is 0.0719 e. The van der Waals surface area contributed by atoms with E-state index in [1.54, 1.807) is 0 Å². The maximum atomic E-state index is 5.03. The van der Waals surface area contributed by atoms with Crippen LogP contribution in [0.1, 0.15) is 17.5 Å². The third-order valence-electron chi connectivity index (χ3n) is 3.01. The molecule has 0 spiro atoms. The van der Waals surface area contributed by atoms with Crippen LogP contribution in [0.5, 0.6) is 0 Å². The molecule has 3 heteroatoms. The Labute approximate surface area is 90.8 Å².